The maximum atomic E-state index is 11.9. The third-order valence-corrected chi connectivity index (χ3v) is 3.74. The first kappa shape index (κ1) is 14.4. The Morgan fingerprint density at radius 2 is 1.95 bits per heavy atom. The molecule has 1 aliphatic carbocycles. The summed E-state index contributed by atoms with van der Waals surface area (Å²) in [6, 6.07) is 6.19. The summed E-state index contributed by atoms with van der Waals surface area (Å²) in [6.45, 7) is 2.09. The predicted octanol–water partition coefficient (Wildman–Crippen LogP) is 2.03. The van der Waals surface area contributed by atoms with Gasteiger partial charge in [0.15, 0.2) is 0 Å². The van der Waals surface area contributed by atoms with Gasteiger partial charge in [-0.1, -0.05) is 25.8 Å². The molecule has 0 aromatic heterocycles. The van der Waals surface area contributed by atoms with Crippen LogP contribution in [-0.2, 0) is 9.59 Å². The van der Waals surface area contributed by atoms with E-state index in [9.17, 15) is 14.7 Å². The number of aromatic hydroxyl groups is 1. The van der Waals surface area contributed by atoms with Crippen molar-refractivity contribution in [2.24, 2.45) is 5.92 Å². The number of rotatable bonds is 2. The van der Waals surface area contributed by atoms with E-state index in [0.29, 0.717) is 11.6 Å². The lowest BCUT2D eigenvalue weighted by molar-refractivity contribution is -0.137. The highest BCUT2D eigenvalue weighted by Crippen LogP contribution is 2.23. The van der Waals surface area contributed by atoms with E-state index in [0.717, 1.165) is 19.3 Å². The van der Waals surface area contributed by atoms with Gasteiger partial charge < -0.3 is 15.7 Å². The van der Waals surface area contributed by atoms with Crippen LogP contribution in [0.4, 0.5) is 5.69 Å². The number of hydrogen-bond donors (Lipinski definition) is 3. The van der Waals surface area contributed by atoms with E-state index in [-0.39, 0.29) is 11.8 Å². The largest absolute Gasteiger partial charge is 0.508 e. The van der Waals surface area contributed by atoms with Gasteiger partial charge in [0.05, 0.1) is 0 Å². The Hall–Kier alpha value is -2.04. The Bertz CT molecular complexity index is 502. The van der Waals surface area contributed by atoms with Crippen LogP contribution in [0.15, 0.2) is 24.3 Å². The van der Waals surface area contributed by atoms with Crippen LogP contribution in [0.3, 0.4) is 0 Å². The molecule has 2 unspecified atom stereocenters. The van der Waals surface area contributed by atoms with Crippen LogP contribution in [-0.4, -0.2) is 23.0 Å². The third kappa shape index (κ3) is 3.73. The number of phenols is 1. The zero-order valence-electron chi connectivity index (χ0n) is 11.6. The lowest BCUT2D eigenvalue weighted by atomic mass is 9.86. The van der Waals surface area contributed by atoms with E-state index < -0.39 is 11.8 Å². The number of hydrogen-bond acceptors (Lipinski definition) is 3. The van der Waals surface area contributed by atoms with Gasteiger partial charge in [0, 0.05) is 17.8 Å². The molecule has 20 heavy (non-hydrogen) atoms. The van der Waals surface area contributed by atoms with Crippen LogP contribution in [0.5, 0.6) is 5.75 Å². The predicted molar refractivity (Wildman–Crippen MR) is 76.3 cm³/mol. The highest BCUT2D eigenvalue weighted by atomic mass is 16.3. The number of amides is 2. The van der Waals surface area contributed by atoms with Crippen LogP contribution >= 0.6 is 0 Å². The molecule has 0 bridgehead atoms. The van der Waals surface area contributed by atoms with Crippen molar-refractivity contribution in [1.29, 1.82) is 0 Å². The van der Waals surface area contributed by atoms with Gasteiger partial charge >= 0.3 is 11.8 Å². The number of anilines is 1. The van der Waals surface area contributed by atoms with Crippen LogP contribution in [0, 0.1) is 5.92 Å². The van der Waals surface area contributed by atoms with Gasteiger partial charge in [-0.2, -0.15) is 0 Å². The molecule has 0 saturated heterocycles. The minimum atomic E-state index is -0.701. The SMILES string of the molecule is CC1CCCCC1NC(=O)C(=O)Nc1cccc(O)c1. The van der Waals surface area contributed by atoms with Crippen LogP contribution in [0.1, 0.15) is 32.6 Å². The van der Waals surface area contributed by atoms with Crippen molar-refractivity contribution < 1.29 is 14.7 Å². The topological polar surface area (TPSA) is 78.4 Å². The summed E-state index contributed by atoms with van der Waals surface area (Å²) in [6.07, 6.45) is 4.28. The summed E-state index contributed by atoms with van der Waals surface area (Å²) < 4.78 is 0. The van der Waals surface area contributed by atoms with Crippen LogP contribution in [0.2, 0.25) is 0 Å². The zero-order chi connectivity index (χ0) is 14.5. The van der Waals surface area contributed by atoms with Crippen molar-refractivity contribution in [3.63, 3.8) is 0 Å². The molecule has 1 aromatic carbocycles. The molecule has 0 spiro atoms. The number of carbonyl (C=O) groups is 2. The molecule has 1 fully saturated rings. The molecule has 5 heteroatoms. The molecule has 1 saturated carbocycles. The summed E-state index contributed by atoms with van der Waals surface area (Å²) in [4.78, 5) is 23.7. The van der Waals surface area contributed by atoms with Crippen molar-refractivity contribution in [2.45, 2.75) is 38.6 Å². The lowest BCUT2D eigenvalue weighted by Crippen LogP contribution is -2.45. The van der Waals surface area contributed by atoms with E-state index in [4.69, 9.17) is 0 Å². The average molecular weight is 276 g/mol. The summed E-state index contributed by atoms with van der Waals surface area (Å²) >= 11 is 0. The van der Waals surface area contributed by atoms with Gasteiger partial charge in [0.25, 0.3) is 0 Å². The van der Waals surface area contributed by atoms with Crippen molar-refractivity contribution in [1.82, 2.24) is 5.32 Å². The maximum Gasteiger partial charge on any atom is 0.313 e. The van der Waals surface area contributed by atoms with E-state index >= 15 is 0 Å². The molecule has 2 rings (SSSR count). The summed E-state index contributed by atoms with van der Waals surface area (Å²) in [5.74, 6) is -0.870. The van der Waals surface area contributed by atoms with E-state index in [1.165, 1.54) is 18.6 Å². The number of nitrogens with one attached hydrogen (secondary N) is 2. The van der Waals surface area contributed by atoms with E-state index in [1.54, 1.807) is 12.1 Å². The third-order valence-electron chi connectivity index (χ3n) is 3.74. The van der Waals surface area contributed by atoms with Gasteiger partial charge in [-0.05, 0) is 30.9 Å². The van der Waals surface area contributed by atoms with Crippen molar-refractivity contribution >= 4 is 17.5 Å². The molecule has 2 amide bonds. The molecule has 108 valence electrons. The van der Waals surface area contributed by atoms with Crippen LogP contribution < -0.4 is 10.6 Å². The second-order valence-electron chi connectivity index (χ2n) is 5.35. The second kappa shape index (κ2) is 6.41. The van der Waals surface area contributed by atoms with Gasteiger partial charge in [0.1, 0.15) is 5.75 Å². The molecule has 5 nitrogen and oxygen atoms in total. The number of carbonyl (C=O) groups excluding carboxylic acids is 2. The Balaban J connectivity index is 1.90. The standard InChI is InChI=1S/C15H20N2O3/c1-10-5-2-3-8-13(10)17-15(20)14(19)16-11-6-4-7-12(18)9-11/h4,6-7,9-10,13,18H,2-3,5,8H2,1H3,(H,16,19)(H,17,20). The molecular weight excluding hydrogens is 256 g/mol. The van der Waals surface area contributed by atoms with Crippen molar-refractivity contribution in [2.75, 3.05) is 5.32 Å². The number of benzene rings is 1. The normalized spacial score (nSPS) is 22.1. The molecule has 1 aliphatic rings. The average Bonchev–Trinajstić information content (AvgIpc) is 2.41. The number of phenolic OH excluding ortho intramolecular Hbond substituents is 1. The van der Waals surface area contributed by atoms with Gasteiger partial charge in [-0.3, -0.25) is 9.59 Å². The Morgan fingerprint density at radius 1 is 1.20 bits per heavy atom. The molecule has 3 N–H and O–H groups in total. The van der Waals surface area contributed by atoms with Crippen molar-refractivity contribution in [3.05, 3.63) is 24.3 Å². The second-order valence-corrected chi connectivity index (χ2v) is 5.35. The monoisotopic (exact) mass is 276 g/mol. The van der Waals surface area contributed by atoms with Crippen LogP contribution in [0.25, 0.3) is 0 Å². The molecule has 2 atom stereocenters. The fraction of sp³-hybridized carbons (Fsp3) is 0.467. The first-order valence-electron chi connectivity index (χ1n) is 6.97. The fourth-order valence-corrected chi connectivity index (χ4v) is 2.54. The fourth-order valence-electron chi connectivity index (χ4n) is 2.54. The molecule has 1 aromatic rings. The van der Waals surface area contributed by atoms with Crippen molar-refractivity contribution in [3.8, 4) is 5.75 Å². The Morgan fingerprint density at radius 3 is 2.65 bits per heavy atom. The first-order valence-corrected chi connectivity index (χ1v) is 6.97. The maximum absolute atomic E-state index is 11.9. The molecule has 0 radical (unpaired) electrons. The first-order chi connectivity index (χ1) is 9.56. The van der Waals surface area contributed by atoms with Gasteiger partial charge in [-0.25, -0.2) is 0 Å². The smallest absolute Gasteiger partial charge is 0.313 e. The molecular formula is C15H20N2O3. The van der Waals surface area contributed by atoms with Gasteiger partial charge in [0.2, 0.25) is 0 Å². The Kier molecular flexibility index (Phi) is 4.61. The summed E-state index contributed by atoms with van der Waals surface area (Å²) in [5.41, 5.74) is 0.404. The highest BCUT2D eigenvalue weighted by molar-refractivity contribution is 6.39. The van der Waals surface area contributed by atoms with E-state index in [2.05, 4.69) is 17.6 Å². The molecule has 0 aliphatic heterocycles. The summed E-state index contributed by atoms with van der Waals surface area (Å²) in [5, 5.41) is 14.6. The lowest BCUT2D eigenvalue weighted by Gasteiger charge is -2.29. The minimum Gasteiger partial charge on any atom is -0.508 e. The van der Waals surface area contributed by atoms with Gasteiger partial charge in [-0.15, -0.1) is 0 Å². The zero-order valence-corrected chi connectivity index (χ0v) is 11.6. The quantitative estimate of drug-likeness (QED) is 0.723. The minimum absolute atomic E-state index is 0.0455. The Labute approximate surface area is 118 Å². The molecule has 0 heterocycles. The van der Waals surface area contributed by atoms with E-state index in [1.807, 2.05) is 0 Å². The highest BCUT2D eigenvalue weighted by Gasteiger charge is 2.25. The summed E-state index contributed by atoms with van der Waals surface area (Å²) in [7, 11) is 0.